The van der Waals surface area contributed by atoms with Gasteiger partial charge in [-0.2, -0.15) is 35.0 Å². The molecule has 0 spiro atoms. The Hall–Kier alpha value is -9.98. The smallest absolute Gasteiger partial charge is 0.335 e. The molecular formula is C36H24N18O8. The van der Waals surface area contributed by atoms with E-state index in [0.717, 1.165) is 58.2 Å². The number of aromatic nitrogens is 10. The number of carboxylic acids is 4. The Morgan fingerprint density at radius 3 is 1.42 bits per heavy atom. The SMILES string of the molecule is [C-]#[N+]c1cnn(-c2cc(C(=O)O)cc(C(=O)O)c2)c1N=Nc1c(C)nn(-c2cnc(-n3nc(C)c(N=Nc4c(C#N)cnn4-c4cc(C(=O)O)cc(C(=O)O)c4)c3N)cn2)c1N. The summed E-state index contributed by atoms with van der Waals surface area (Å²) in [4.78, 5) is 59.0. The fourth-order valence-electron chi connectivity index (χ4n) is 5.76. The van der Waals surface area contributed by atoms with Gasteiger partial charge in [-0.15, -0.1) is 20.5 Å². The zero-order valence-corrected chi connectivity index (χ0v) is 31.5. The summed E-state index contributed by atoms with van der Waals surface area (Å²) in [7, 11) is 0. The van der Waals surface area contributed by atoms with Crippen LogP contribution in [-0.2, 0) is 0 Å². The number of nitrogens with two attached hydrogens (primary N) is 2. The number of carbonyl (C=O) groups is 4. The largest absolute Gasteiger partial charge is 0.478 e. The number of nitriles is 1. The molecule has 0 fully saturated rings. The molecule has 0 aliphatic heterocycles. The molecule has 26 nitrogen and oxygen atoms in total. The maximum Gasteiger partial charge on any atom is 0.335 e. The minimum absolute atomic E-state index is 0.0102. The van der Waals surface area contributed by atoms with Crippen molar-refractivity contribution in [1.82, 2.24) is 49.1 Å². The van der Waals surface area contributed by atoms with Crippen molar-refractivity contribution in [2.75, 3.05) is 11.5 Å². The van der Waals surface area contributed by atoms with Crippen LogP contribution in [0, 0.1) is 31.8 Å². The van der Waals surface area contributed by atoms with Gasteiger partial charge in [-0.25, -0.2) is 43.4 Å². The third kappa shape index (κ3) is 7.33. The van der Waals surface area contributed by atoms with E-state index in [1.807, 2.05) is 6.07 Å². The van der Waals surface area contributed by atoms with Gasteiger partial charge >= 0.3 is 23.9 Å². The molecule has 8 N–H and O–H groups in total. The molecule has 0 aliphatic carbocycles. The van der Waals surface area contributed by atoms with Crippen molar-refractivity contribution < 1.29 is 39.6 Å². The van der Waals surface area contributed by atoms with E-state index in [4.69, 9.17) is 18.0 Å². The van der Waals surface area contributed by atoms with Crippen LogP contribution in [0.15, 0.2) is 81.6 Å². The van der Waals surface area contributed by atoms with Crippen LogP contribution < -0.4 is 11.5 Å². The number of rotatable bonds is 12. The highest BCUT2D eigenvalue weighted by molar-refractivity contribution is 5.96. The lowest BCUT2D eigenvalue weighted by Crippen LogP contribution is -2.08. The van der Waals surface area contributed by atoms with Crippen LogP contribution in [0.4, 0.5) is 40.3 Å². The molecule has 0 aliphatic rings. The Morgan fingerprint density at radius 1 is 0.629 bits per heavy atom. The minimum Gasteiger partial charge on any atom is -0.478 e. The maximum absolute atomic E-state index is 11.7. The van der Waals surface area contributed by atoms with Gasteiger partial charge in [0.25, 0.3) is 5.69 Å². The monoisotopic (exact) mass is 836 g/mol. The highest BCUT2D eigenvalue weighted by Crippen LogP contribution is 2.36. The summed E-state index contributed by atoms with van der Waals surface area (Å²) in [5.74, 6) is -5.75. The molecule has 5 heterocycles. The Kier molecular flexibility index (Phi) is 10.2. The molecule has 62 heavy (non-hydrogen) atoms. The molecule has 2 aromatic carbocycles. The third-order valence-corrected chi connectivity index (χ3v) is 8.70. The average molecular weight is 837 g/mol. The molecule has 0 saturated heterocycles. The lowest BCUT2D eigenvalue weighted by Gasteiger charge is -2.08. The lowest BCUT2D eigenvalue weighted by atomic mass is 10.1. The number of hydrogen-bond donors (Lipinski definition) is 6. The summed E-state index contributed by atoms with van der Waals surface area (Å²) < 4.78 is 4.53. The minimum atomic E-state index is -1.39. The van der Waals surface area contributed by atoms with Crippen molar-refractivity contribution in [1.29, 1.82) is 5.26 Å². The highest BCUT2D eigenvalue weighted by Gasteiger charge is 2.22. The van der Waals surface area contributed by atoms with E-state index in [2.05, 4.69) is 55.7 Å². The van der Waals surface area contributed by atoms with Crippen molar-refractivity contribution in [2.45, 2.75) is 13.8 Å². The van der Waals surface area contributed by atoms with E-state index in [9.17, 15) is 44.9 Å². The highest BCUT2D eigenvalue weighted by atomic mass is 16.4. The summed E-state index contributed by atoms with van der Waals surface area (Å²) in [6.45, 7) is 10.7. The van der Waals surface area contributed by atoms with Crippen LogP contribution in [0.1, 0.15) is 58.4 Å². The van der Waals surface area contributed by atoms with Gasteiger partial charge in [0.2, 0.25) is 0 Å². The van der Waals surface area contributed by atoms with Gasteiger partial charge < -0.3 is 31.9 Å². The van der Waals surface area contributed by atoms with Crippen LogP contribution in [0.2, 0.25) is 0 Å². The first-order chi connectivity index (χ1) is 29.6. The van der Waals surface area contributed by atoms with Crippen LogP contribution in [-0.4, -0.2) is 93.4 Å². The number of anilines is 2. The standard InChI is InChI=1S/C36H24N18O8/c1-15-27(45-47-31-21(10-37)11-43-51(31)22-6-17(33(55)56)4-18(7-22)34(57)58)29(38)53(49-15)25-13-42-26(14-41-25)54-30(39)28(16(2)50-54)46-48-32-24(40-3)12-44-52(32)23-8-19(35(59)60)5-20(9-23)36(61)62/h4-9,11-14H,38-39H2,1-2H3,(H,55,56)(H,57,58)(H,59,60)(H,61,62). The van der Waals surface area contributed by atoms with Gasteiger partial charge in [0.05, 0.1) is 76.4 Å². The van der Waals surface area contributed by atoms with Gasteiger partial charge in [0, 0.05) is 0 Å². The number of aromatic carboxylic acids is 4. The van der Waals surface area contributed by atoms with E-state index in [-0.39, 0.29) is 103 Å². The second-order valence-electron chi connectivity index (χ2n) is 12.6. The number of nitrogens with zero attached hydrogens (tertiary/aromatic N) is 16. The number of nitrogen functional groups attached to an aromatic ring is 2. The first-order valence-corrected chi connectivity index (χ1v) is 17.1. The van der Waals surface area contributed by atoms with Crippen molar-refractivity contribution in [3.05, 3.63) is 112 Å². The number of aryl methyl sites for hydroxylation is 2. The van der Waals surface area contributed by atoms with E-state index in [0.29, 0.717) is 0 Å². The molecule has 306 valence electrons. The normalized spacial score (nSPS) is 11.2. The second-order valence-corrected chi connectivity index (χ2v) is 12.6. The number of benzene rings is 2. The molecule has 0 bridgehead atoms. The van der Waals surface area contributed by atoms with E-state index in [1.54, 1.807) is 13.8 Å². The second kappa shape index (κ2) is 15.8. The summed E-state index contributed by atoms with van der Waals surface area (Å²) in [5.41, 5.74) is 11.9. The van der Waals surface area contributed by atoms with Crippen LogP contribution >= 0.6 is 0 Å². The van der Waals surface area contributed by atoms with E-state index >= 15 is 0 Å². The molecule has 0 radical (unpaired) electrons. The molecule has 26 heteroatoms. The molecule has 0 atom stereocenters. The van der Waals surface area contributed by atoms with Crippen molar-refractivity contribution in [2.24, 2.45) is 20.5 Å². The maximum atomic E-state index is 11.7. The van der Waals surface area contributed by atoms with Gasteiger partial charge in [-0.1, -0.05) is 0 Å². The van der Waals surface area contributed by atoms with Crippen molar-refractivity contribution in [3.8, 4) is 29.1 Å². The molecule has 7 aromatic rings. The van der Waals surface area contributed by atoms with Crippen molar-refractivity contribution >= 4 is 64.2 Å². The number of hydrogen-bond acceptors (Lipinski definition) is 17. The Morgan fingerprint density at radius 2 is 1.03 bits per heavy atom. The summed E-state index contributed by atoms with van der Waals surface area (Å²) in [6, 6.07) is 8.48. The van der Waals surface area contributed by atoms with Crippen LogP contribution in [0.3, 0.4) is 0 Å². The van der Waals surface area contributed by atoms with Gasteiger partial charge in [0.1, 0.15) is 11.6 Å². The van der Waals surface area contributed by atoms with Crippen LogP contribution in [0.25, 0.3) is 27.9 Å². The number of carboxylic acid groups (broad SMARTS) is 4. The Bertz CT molecular complexity index is 2900. The predicted molar refractivity (Wildman–Crippen MR) is 209 cm³/mol. The Labute approximate surface area is 344 Å². The lowest BCUT2D eigenvalue weighted by molar-refractivity contribution is 0.0676. The topological polar surface area (TPSA) is 376 Å². The molecular weight excluding hydrogens is 813 g/mol. The average Bonchev–Trinajstić information content (AvgIpc) is 4.01. The number of azo groups is 2. The fraction of sp³-hybridized carbons (Fsp3) is 0.0556. The Balaban J connectivity index is 1.17. The summed E-state index contributed by atoms with van der Waals surface area (Å²) >= 11 is 0. The molecule has 7 rings (SSSR count). The molecule has 0 amide bonds. The van der Waals surface area contributed by atoms with Gasteiger partial charge in [-0.05, 0) is 50.2 Å². The van der Waals surface area contributed by atoms with Gasteiger partial charge in [-0.3, -0.25) is 0 Å². The first kappa shape index (κ1) is 40.2. The van der Waals surface area contributed by atoms with Crippen LogP contribution in [0.5, 0.6) is 0 Å². The van der Waals surface area contributed by atoms with Crippen molar-refractivity contribution in [3.63, 3.8) is 0 Å². The third-order valence-electron chi connectivity index (χ3n) is 8.70. The zero-order chi connectivity index (χ0) is 44.6. The zero-order valence-electron chi connectivity index (χ0n) is 31.5. The summed E-state index contributed by atoms with van der Waals surface area (Å²) in [6.07, 6.45) is 4.89. The fourth-order valence-corrected chi connectivity index (χ4v) is 5.76. The molecule has 0 unspecified atom stereocenters. The first-order valence-electron chi connectivity index (χ1n) is 17.1. The van der Waals surface area contributed by atoms with Gasteiger partial charge in [0.15, 0.2) is 46.3 Å². The van der Waals surface area contributed by atoms with E-state index in [1.165, 1.54) is 21.8 Å². The predicted octanol–water partition coefficient (Wildman–Crippen LogP) is 5.05. The quantitative estimate of drug-likeness (QED) is 0.0692. The summed E-state index contributed by atoms with van der Waals surface area (Å²) in [5, 5.41) is 81.5. The molecule has 5 aromatic heterocycles. The van der Waals surface area contributed by atoms with E-state index < -0.39 is 23.9 Å². The molecule has 0 saturated carbocycles.